The number of hydrogen-bond acceptors (Lipinski definition) is 8. The van der Waals surface area contributed by atoms with Crippen molar-refractivity contribution < 1.29 is 39.0 Å². The molecule has 0 saturated heterocycles. The summed E-state index contributed by atoms with van der Waals surface area (Å²) < 4.78 is 5.15. The third-order valence-electron chi connectivity index (χ3n) is 6.21. The van der Waals surface area contributed by atoms with Gasteiger partial charge in [0.15, 0.2) is 6.04 Å². The van der Waals surface area contributed by atoms with Crippen LogP contribution in [0.15, 0.2) is 30.3 Å². The number of carbonyl (C=O) groups is 4. The van der Waals surface area contributed by atoms with Crippen LogP contribution in [0, 0.1) is 5.92 Å². The zero-order valence-corrected chi connectivity index (χ0v) is 22.3. The number of aliphatic carboxylic acids is 1. The molecule has 37 heavy (non-hydrogen) atoms. The number of nitrogens with zero attached hydrogens (tertiary/aromatic N) is 1. The number of aliphatic hydroxyl groups excluding tert-OH is 1. The average molecular weight is 524 g/mol. The highest BCUT2D eigenvalue weighted by Crippen LogP contribution is 2.18. The van der Waals surface area contributed by atoms with Crippen molar-refractivity contribution in [3.05, 3.63) is 35.9 Å². The monoisotopic (exact) mass is 523 g/mol. The lowest BCUT2D eigenvalue weighted by Crippen LogP contribution is -2.59. The van der Waals surface area contributed by atoms with Crippen molar-refractivity contribution in [1.29, 1.82) is 0 Å². The van der Waals surface area contributed by atoms with Gasteiger partial charge in [-0.15, -0.1) is 0 Å². The van der Waals surface area contributed by atoms with E-state index >= 15 is 0 Å². The summed E-state index contributed by atoms with van der Waals surface area (Å²) in [6, 6.07) is 4.64. The van der Waals surface area contributed by atoms with E-state index in [0.717, 1.165) is 12.8 Å². The number of unbranched alkanes of at least 4 members (excludes halogenated alkanes) is 1. The van der Waals surface area contributed by atoms with E-state index in [1.165, 1.54) is 14.0 Å². The van der Waals surface area contributed by atoms with Gasteiger partial charge in [0.25, 0.3) is 5.91 Å². The quantitative estimate of drug-likeness (QED) is 0.248. The molecule has 0 aliphatic rings. The summed E-state index contributed by atoms with van der Waals surface area (Å²) in [7, 11) is 1.35. The standard InChI is InChI=1S/C26H41N3O8/c1-6-7-11-16(2)21(30)15-22(31)37-29(25(33)23(27)18(4)36-5)20(14-19-12-9-8-10-13-19)24(32)28-17(3)26(34)35/h8-10,12-13,16-18,20-21,23,30H,6-7,11,14-15,27H2,1-5H3,(H,28,32)(H,34,35)/t16-,17-,18+,20-,21-,23-/m0/s1. The summed E-state index contributed by atoms with van der Waals surface area (Å²) in [5, 5.41) is 22.6. The van der Waals surface area contributed by atoms with Gasteiger partial charge in [0.2, 0.25) is 5.91 Å². The fraction of sp³-hybridized carbons (Fsp3) is 0.615. The fourth-order valence-corrected chi connectivity index (χ4v) is 3.48. The molecule has 0 aliphatic heterocycles. The van der Waals surface area contributed by atoms with Gasteiger partial charge >= 0.3 is 11.9 Å². The average Bonchev–Trinajstić information content (AvgIpc) is 2.88. The molecule has 6 atom stereocenters. The number of methoxy groups -OCH3 is 1. The van der Waals surface area contributed by atoms with Crippen LogP contribution in [0.5, 0.6) is 0 Å². The summed E-state index contributed by atoms with van der Waals surface area (Å²) in [6.07, 6.45) is 0.210. The van der Waals surface area contributed by atoms with Crippen molar-refractivity contribution in [3.63, 3.8) is 0 Å². The first-order valence-electron chi connectivity index (χ1n) is 12.5. The molecule has 5 N–H and O–H groups in total. The van der Waals surface area contributed by atoms with Crippen molar-refractivity contribution in [2.24, 2.45) is 11.7 Å². The van der Waals surface area contributed by atoms with E-state index in [2.05, 4.69) is 5.32 Å². The Kier molecular flexibility index (Phi) is 13.8. The zero-order chi connectivity index (χ0) is 28.1. The molecule has 0 heterocycles. The first kappa shape index (κ1) is 32.0. The van der Waals surface area contributed by atoms with Crippen molar-refractivity contribution in [1.82, 2.24) is 10.4 Å². The van der Waals surface area contributed by atoms with Crippen LogP contribution in [0.25, 0.3) is 0 Å². The molecule has 0 aromatic heterocycles. The SMILES string of the molecule is CCCC[C@H](C)[C@@H](O)CC(=O)ON(C(=O)[C@@H](N)[C@@H](C)OC)[C@@H](Cc1ccccc1)C(=O)N[C@@H](C)C(=O)O. The summed E-state index contributed by atoms with van der Waals surface area (Å²) in [5.74, 6) is -4.16. The maximum Gasteiger partial charge on any atom is 0.335 e. The smallest absolute Gasteiger partial charge is 0.335 e. The van der Waals surface area contributed by atoms with Crippen LogP contribution in [0.2, 0.25) is 0 Å². The summed E-state index contributed by atoms with van der Waals surface area (Å²) >= 11 is 0. The van der Waals surface area contributed by atoms with E-state index in [4.69, 9.17) is 15.3 Å². The Balaban J connectivity index is 3.33. The molecule has 0 radical (unpaired) electrons. The predicted octanol–water partition coefficient (Wildman–Crippen LogP) is 1.41. The molecule has 11 nitrogen and oxygen atoms in total. The first-order chi connectivity index (χ1) is 17.4. The number of hydroxylamine groups is 2. The molecule has 208 valence electrons. The van der Waals surface area contributed by atoms with Crippen molar-refractivity contribution in [2.45, 2.75) is 90.1 Å². The molecule has 1 aromatic rings. The van der Waals surface area contributed by atoms with Crippen molar-refractivity contribution >= 4 is 23.8 Å². The van der Waals surface area contributed by atoms with E-state index in [1.54, 1.807) is 37.3 Å². The van der Waals surface area contributed by atoms with Crippen LogP contribution in [0.1, 0.15) is 58.9 Å². The molecule has 11 heteroatoms. The Morgan fingerprint density at radius 2 is 1.73 bits per heavy atom. The van der Waals surface area contributed by atoms with Gasteiger partial charge in [-0.2, -0.15) is 5.06 Å². The Hall–Kier alpha value is -3.02. The minimum Gasteiger partial charge on any atom is -0.480 e. The van der Waals surface area contributed by atoms with Gasteiger partial charge < -0.3 is 30.8 Å². The third-order valence-corrected chi connectivity index (χ3v) is 6.21. The van der Waals surface area contributed by atoms with Gasteiger partial charge in [-0.05, 0) is 31.7 Å². The Morgan fingerprint density at radius 1 is 1.11 bits per heavy atom. The fourth-order valence-electron chi connectivity index (χ4n) is 3.48. The van der Waals surface area contributed by atoms with Crippen LogP contribution in [0.3, 0.4) is 0 Å². The zero-order valence-electron chi connectivity index (χ0n) is 22.3. The Labute approximate surface area is 218 Å². The van der Waals surface area contributed by atoms with Crippen LogP contribution in [-0.2, 0) is 35.2 Å². The molecule has 0 fully saturated rings. The molecule has 1 aromatic carbocycles. The molecule has 0 saturated carbocycles. The summed E-state index contributed by atoms with van der Waals surface area (Å²) in [5.41, 5.74) is 6.68. The van der Waals surface area contributed by atoms with E-state index in [9.17, 15) is 29.4 Å². The van der Waals surface area contributed by atoms with Gasteiger partial charge in [-0.25, -0.2) is 4.79 Å². The molecule has 1 rings (SSSR count). The van der Waals surface area contributed by atoms with E-state index in [0.29, 0.717) is 17.0 Å². The molecular formula is C26H41N3O8. The topological polar surface area (TPSA) is 168 Å². The van der Waals surface area contributed by atoms with Crippen LogP contribution in [-0.4, -0.2) is 76.5 Å². The number of amides is 2. The minimum absolute atomic E-state index is 0.0957. The van der Waals surface area contributed by atoms with Gasteiger partial charge in [0.1, 0.15) is 12.1 Å². The lowest BCUT2D eigenvalue weighted by molar-refractivity contribution is -0.212. The number of rotatable bonds is 15. The number of aliphatic hydroxyl groups is 1. The number of carbonyl (C=O) groups excluding carboxylic acids is 3. The molecule has 2 amide bonds. The number of nitrogens with two attached hydrogens (primary N) is 1. The van der Waals surface area contributed by atoms with Crippen LogP contribution < -0.4 is 11.1 Å². The highest BCUT2D eigenvalue weighted by atomic mass is 16.7. The lowest BCUT2D eigenvalue weighted by atomic mass is 9.96. The molecule has 0 unspecified atom stereocenters. The first-order valence-corrected chi connectivity index (χ1v) is 12.5. The second kappa shape index (κ2) is 16.0. The minimum atomic E-state index is -1.44. The van der Waals surface area contributed by atoms with E-state index in [-0.39, 0.29) is 12.3 Å². The Bertz CT molecular complexity index is 882. The normalized spacial score (nSPS) is 16.0. The third kappa shape index (κ3) is 10.5. The van der Waals surface area contributed by atoms with Gasteiger partial charge in [0.05, 0.1) is 18.6 Å². The molecule has 0 spiro atoms. The molecule has 0 aliphatic carbocycles. The lowest BCUT2D eigenvalue weighted by Gasteiger charge is -2.32. The van der Waals surface area contributed by atoms with E-state index in [1.807, 2.05) is 13.8 Å². The van der Waals surface area contributed by atoms with Crippen LogP contribution >= 0.6 is 0 Å². The number of nitrogens with one attached hydrogen (secondary N) is 1. The van der Waals surface area contributed by atoms with Crippen LogP contribution in [0.4, 0.5) is 0 Å². The van der Waals surface area contributed by atoms with Gasteiger partial charge in [-0.3, -0.25) is 14.4 Å². The second-order valence-electron chi connectivity index (χ2n) is 9.26. The maximum absolute atomic E-state index is 13.4. The second-order valence-corrected chi connectivity index (χ2v) is 9.26. The summed E-state index contributed by atoms with van der Waals surface area (Å²) in [6.45, 7) is 6.64. The van der Waals surface area contributed by atoms with Gasteiger partial charge in [-0.1, -0.05) is 57.0 Å². The summed E-state index contributed by atoms with van der Waals surface area (Å²) in [4.78, 5) is 56.2. The molecular weight excluding hydrogens is 482 g/mol. The predicted molar refractivity (Wildman–Crippen MR) is 136 cm³/mol. The van der Waals surface area contributed by atoms with Crippen molar-refractivity contribution in [3.8, 4) is 0 Å². The highest BCUT2D eigenvalue weighted by Gasteiger charge is 2.39. The number of carboxylic acid groups (broad SMARTS) is 1. The number of benzene rings is 1. The molecule has 0 bridgehead atoms. The number of ether oxygens (including phenoxy) is 1. The number of carboxylic acids is 1. The van der Waals surface area contributed by atoms with Gasteiger partial charge in [0, 0.05) is 13.5 Å². The Morgan fingerprint density at radius 3 is 2.27 bits per heavy atom. The maximum atomic E-state index is 13.4. The highest BCUT2D eigenvalue weighted by molar-refractivity contribution is 5.92. The number of hydrogen-bond donors (Lipinski definition) is 4. The van der Waals surface area contributed by atoms with E-state index < -0.39 is 60.5 Å². The van der Waals surface area contributed by atoms with Crippen molar-refractivity contribution in [2.75, 3.05) is 7.11 Å². The largest absolute Gasteiger partial charge is 0.480 e.